The fraction of sp³-hybridized carbons (Fsp3) is 0.625. The number of nitrogens with one attached hydrogen (secondary N) is 1. The first kappa shape index (κ1) is 15.3. The molecule has 1 aliphatic heterocycles. The molecule has 1 aliphatic rings. The lowest BCUT2D eigenvalue weighted by molar-refractivity contribution is 0.235. The average Bonchev–Trinajstić information content (AvgIpc) is 2.67. The van der Waals surface area contributed by atoms with Crippen LogP contribution in [0.25, 0.3) is 0 Å². The van der Waals surface area contributed by atoms with E-state index in [4.69, 9.17) is 4.74 Å². The van der Waals surface area contributed by atoms with Crippen LogP contribution in [0, 0.1) is 11.7 Å². The fourth-order valence-corrected chi connectivity index (χ4v) is 2.69. The molecule has 1 unspecified atom stereocenters. The zero-order chi connectivity index (χ0) is 14.5. The summed E-state index contributed by atoms with van der Waals surface area (Å²) < 4.78 is 19.3. The van der Waals surface area contributed by atoms with Crippen molar-refractivity contribution in [2.75, 3.05) is 26.7 Å². The first-order valence-corrected chi connectivity index (χ1v) is 7.39. The van der Waals surface area contributed by atoms with Gasteiger partial charge in [-0.1, -0.05) is 26.0 Å². The molecule has 3 nitrogen and oxygen atoms in total. The molecule has 1 aromatic carbocycles. The van der Waals surface area contributed by atoms with Crippen LogP contribution in [0.15, 0.2) is 18.2 Å². The van der Waals surface area contributed by atoms with E-state index in [-0.39, 0.29) is 5.82 Å². The van der Waals surface area contributed by atoms with Crippen LogP contribution < -0.4 is 10.1 Å². The molecule has 0 saturated carbocycles. The second-order valence-corrected chi connectivity index (χ2v) is 5.83. The summed E-state index contributed by atoms with van der Waals surface area (Å²) in [5.74, 6) is 0.690. The number of hydrogen-bond donors (Lipinski definition) is 1. The summed E-state index contributed by atoms with van der Waals surface area (Å²) in [6.07, 6.45) is 1.11. The maximum Gasteiger partial charge on any atom is 0.169 e. The molecule has 0 aromatic heterocycles. The molecular formula is C16H25FN2O. The van der Waals surface area contributed by atoms with Crippen LogP contribution in [-0.4, -0.2) is 37.7 Å². The molecule has 0 amide bonds. The van der Waals surface area contributed by atoms with Crippen LogP contribution in [-0.2, 0) is 6.54 Å². The van der Waals surface area contributed by atoms with E-state index in [1.807, 2.05) is 12.1 Å². The summed E-state index contributed by atoms with van der Waals surface area (Å²) in [5, 5.41) is 3.57. The monoisotopic (exact) mass is 280 g/mol. The number of benzene rings is 1. The molecule has 20 heavy (non-hydrogen) atoms. The predicted molar refractivity (Wildman–Crippen MR) is 79.5 cm³/mol. The Morgan fingerprint density at radius 2 is 2.25 bits per heavy atom. The van der Waals surface area contributed by atoms with Gasteiger partial charge < -0.3 is 10.1 Å². The number of hydrogen-bond acceptors (Lipinski definition) is 3. The van der Waals surface area contributed by atoms with Crippen molar-refractivity contribution in [3.8, 4) is 5.75 Å². The number of methoxy groups -OCH3 is 1. The highest BCUT2D eigenvalue weighted by Crippen LogP contribution is 2.22. The molecule has 1 aromatic rings. The minimum absolute atomic E-state index is 0.228. The minimum Gasteiger partial charge on any atom is -0.494 e. The van der Waals surface area contributed by atoms with E-state index < -0.39 is 0 Å². The van der Waals surface area contributed by atoms with Crippen molar-refractivity contribution in [2.45, 2.75) is 32.9 Å². The lowest BCUT2D eigenvalue weighted by Crippen LogP contribution is -2.41. The van der Waals surface area contributed by atoms with Crippen LogP contribution >= 0.6 is 0 Å². The lowest BCUT2D eigenvalue weighted by Gasteiger charge is -2.27. The smallest absolute Gasteiger partial charge is 0.169 e. The van der Waals surface area contributed by atoms with E-state index in [0.717, 1.165) is 26.1 Å². The third-order valence-corrected chi connectivity index (χ3v) is 3.97. The van der Waals surface area contributed by atoms with Gasteiger partial charge in [0, 0.05) is 24.7 Å². The lowest BCUT2D eigenvalue weighted by atomic mass is 10.0. The molecule has 112 valence electrons. The summed E-state index contributed by atoms with van der Waals surface area (Å²) in [6.45, 7) is 8.12. The number of ether oxygens (including phenoxy) is 1. The normalized spacial score (nSPS) is 20.9. The van der Waals surface area contributed by atoms with Crippen LogP contribution in [0.5, 0.6) is 5.75 Å². The van der Waals surface area contributed by atoms with E-state index in [1.165, 1.54) is 7.11 Å². The van der Waals surface area contributed by atoms with Crippen molar-refractivity contribution >= 4 is 0 Å². The number of nitrogens with zero attached hydrogens (tertiary/aromatic N) is 1. The highest BCUT2D eigenvalue weighted by molar-refractivity contribution is 5.31. The molecule has 0 aliphatic carbocycles. The summed E-state index contributed by atoms with van der Waals surface area (Å²) in [4.78, 5) is 2.34. The summed E-state index contributed by atoms with van der Waals surface area (Å²) in [5.41, 5.74) is 0.716. The van der Waals surface area contributed by atoms with Crippen molar-refractivity contribution in [3.05, 3.63) is 29.6 Å². The van der Waals surface area contributed by atoms with Gasteiger partial charge in [-0.05, 0) is 31.5 Å². The van der Waals surface area contributed by atoms with Gasteiger partial charge >= 0.3 is 0 Å². The Bertz CT molecular complexity index is 436. The second-order valence-electron chi connectivity index (χ2n) is 5.83. The molecule has 1 atom stereocenters. The van der Waals surface area contributed by atoms with Gasteiger partial charge in [-0.25, -0.2) is 4.39 Å². The maximum atomic E-state index is 14.2. The van der Waals surface area contributed by atoms with Crippen LogP contribution in [0.2, 0.25) is 0 Å². The van der Waals surface area contributed by atoms with Crippen LogP contribution in [0.4, 0.5) is 4.39 Å². The summed E-state index contributed by atoms with van der Waals surface area (Å²) >= 11 is 0. The Hall–Kier alpha value is -1.13. The van der Waals surface area contributed by atoms with E-state index in [9.17, 15) is 4.39 Å². The highest BCUT2D eigenvalue weighted by atomic mass is 19.1. The third-order valence-electron chi connectivity index (χ3n) is 3.97. The van der Waals surface area contributed by atoms with Gasteiger partial charge in [0.1, 0.15) is 0 Å². The van der Waals surface area contributed by atoms with Gasteiger partial charge in [0.15, 0.2) is 11.6 Å². The molecule has 0 radical (unpaired) electrons. The van der Waals surface area contributed by atoms with Crippen LogP contribution in [0.1, 0.15) is 25.8 Å². The summed E-state index contributed by atoms with van der Waals surface area (Å²) in [7, 11) is 1.51. The van der Waals surface area contributed by atoms with Crippen molar-refractivity contribution in [3.63, 3.8) is 0 Å². The Labute approximate surface area is 121 Å². The van der Waals surface area contributed by atoms with E-state index in [1.54, 1.807) is 6.07 Å². The first-order chi connectivity index (χ1) is 9.61. The minimum atomic E-state index is -0.228. The third kappa shape index (κ3) is 3.70. The van der Waals surface area contributed by atoms with E-state index in [2.05, 4.69) is 24.1 Å². The van der Waals surface area contributed by atoms with Crippen LogP contribution in [0.3, 0.4) is 0 Å². The van der Waals surface area contributed by atoms with Gasteiger partial charge in [-0.2, -0.15) is 0 Å². The standard InChI is InChI=1S/C16H25FN2O/c1-12(2)14-11-19(9-5-8-18-14)10-13-6-4-7-15(20-3)16(13)17/h4,6-7,12,14,18H,5,8-11H2,1-3H3. The maximum absolute atomic E-state index is 14.2. The predicted octanol–water partition coefficient (Wildman–Crippen LogP) is 2.65. The Morgan fingerprint density at radius 3 is 2.95 bits per heavy atom. The molecule has 1 N–H and O–H groups in total. The van der Waals surface area contributed by atoms with Gasteiger partial charge in [0.25, 0.3) is 0 Å². The molecule has 2 rings (SSSR count). The van der Waals surface area contributed by atoms with Crippen molar-refractivity contribution < 1.29 is 9.13 Å². The first-order valence-electron chi connectivity index (χ1n) is 7.39. The molecule has 0 bridgehead atoms. The van der Waals surface area contributed by atoms with Gasteiger partial charge in [0.2, 0.25) is 0 Å². The van der Waals surface area contributed by atoms with Gasteiger partial charge in [-0.15, -0.1) is 0 Å². The topological polar surface area (TPSA) is 24.5 Å². The Morgan fingerprint density at radius 1 is 1.45 bits per heavy atom. The van der Waals surface area contributed by atoms with Gasteiger partial charge in [0.05, 0.1) is 7.11 Å². The van der Waals surface area contributed by atoms with Gasteiger partial charge in [-0.3, -0.25) is 4.90 Å². The quantitative estimate of drug-likeness (QED) is 0.917. The largest absolute Gasteiger partial charge is 0.494 e. The molecule has 0 spiro atoms. The molecule has 1 heterocycles. The molecule has 4 heteroatoms. The summed E-state index contributed by atoms with van der Waals surface area (Å²) in [6, 6.07) is 5.85. The highest BCUT2D eigenvalue weighted by Gasteiger charge is 2.21. The molecule has 1 fully saturated rings. The number of rotatable bonds is 4. The van der Waals surface area contributed by atoms with E-state index in [0.29, 0.717) is 29.8 Å². The SMILES string of the molecule is COc1cccc(CN2CCCNC(C(C)C)C2)c1F. The van der Waals surface area contributed by atoms with E-state index >= 15 is 0 Å². The Balaban J connectivity index is 2.08. The van der Waals surface area contributed by atoms with Crippen molar-refractivity contribution in [1.82, 2.24) is 10.2 Å². The van der Waals surface area contributed by atoms with Crippen molar-refractivity contribution in [1.29, 1.82) is 0 Å². The average molecular weight is 280 g/mol. The zero-order valence-corrected chi connectivity index (χ0v) is 12.7. The Kier molecular flexibility index (Phi) is 5.38. The zero-order valence-electron chi connectivity index (χ0n) is 12.7. The van der Waals surface area contributed by atoms with Crippen molar-refractivity contribution in [2.24, 2.45) is 5.92 Å². The molecule has 1 saturated heterocycles. The molecular weight excluding hydrogens is 255 g/mol. The fourth-order valence-electron chi connectivity index (χ4n) is 2.69. The number of halogens is 1. The second kappa shape index (κ2) is 7.04.